The van der Waals surface area contributed by atoms with Gasteiger partial charge in [0.2, 0.25) is 5.95 Å². The highest BCUT2D eigenvalue weighted by Crippen LogP contribution is 2.06. The van der Waals surface area contributed by atoms with E-state index in [0.717, 1.165) is 24.6 Å². The van der Waals surface area contributed by atoms with E-state index >= 15 is 0 Å². The number of aromatic nitrogens is 5. The number of aryl methyl sites for hydroxylation is 1. The molecule has 0 saturated heterocycles. The number of hydrogen-bond acceptors (Lipinski definition) is 6. The van der Waals surface area contributed by atoms with Crippen LogP contribution in [0.1, 0.15) is 19.2 Å². The van der Waals surface area contributed by atoms with Gasteiger partial charge in [-0.05, 0) is 12.5 Å². The average molecular weight is 247 g/mol. The molecule has 2 N–H and O–H groups in total. The van der Waals surface area contributed by atoms with E-state index in [9.17, 15) is 0 Å². The van der Waals surface area contributed by atoms with Crippen LogP contribution in [0.25, 0.3) is 0 Å². The van der Waals surface area contributed by atoms with Crippen molar-refractivity contribution in [2.45, 2.75) is 19.9 Å². The summed E-state index contributed by atoms with van der Waals surface area (Å²) in [4.78, 5) is 12.6. The van der Waals surface area contributed by atoms with Crippen molar-refractivity contribution in [3.8, 4) is 0 Å². The summed E-state index contributed by atoms with van der Waals surface area (Å²) >= 11 is 0. The van der Waals surface area contributed by atoms with Gasteiger partial charge in [0.05, 0.1) is 6.54 Å². The molecule has 2 aromatic rings. The van der Waals surface area contributed by atoms with Crippen LogP contribution in [0.3, 0.4) is 0 Å². The van der Waals surface area contributed by atoms with Crippen molar-refractivity contribution in [3.63, 3.8) is 0 Å². The maximum Gasteiger partial charge on any atom is 0.224 e. The van der Waals surface area contributed by atoms with Crippen molar-refractivity contribution in [1.29, 1.82) is 0 Å². The van der Waals surface area contributed by atoms with Crippen molar-refractivity contribution in [2.75, 3.05) is 17.2 Å². The van der Waals surface area contributed by atoms with Gasteiger partial charge in [0.15, 0.2) is 5.82 Å². The highest BCUT2D eigenvalue weighted by atomic mass is 15.3. The van der Waals surface area contributed by atoms with Gasteiger partial charge in [0.25, 0.3) is 0 Å². The Hall–Kier alpha value is -2.18. The molecular formula is C11H17N7. The molecule has 2 rings (SSSR count). The Morgan fingerprint density at radius 3 is 2.89 bits per heavy atom. The largest absolute Gasteiger partial charge is 0.363 e. The van der Waals surface area contributed by atoms with Gasteiger partial charge in [-0.25, -0.2) is 9.97 Å². The molecule has 0 saturated carbocycles. The zero-order valence-corrected chi connectivity index (χ0v) is 10.6. The number of anilines is 2. The van der Waals surface area contributed by atoms with Crippen LogP contribution in [0.5, 0.6) is 0 Å². The van der Waals surface area contributed by atoms with Crippen molar-refractivity contribution in [1.82, 2.24) is 24.7 Å². The minimum absolute atomic E-state index is 0.547. The average Bonchev–Trinajstić information content (AvgIpc) is 2.80. The molecule has 0 aliphatic rings. The molecule has 2 heterocycles. The summed E-state index contributed by atoms with van der Waals surface area (Å²) in [5, 5.41) is 10.5. The zero-order chi connectivity index (χ0) is 12.8. The monoisotopic (exact) mass is 247 g/mol. The molecule has 0 aliphatic heterocycles. The van der Waals surface area contributed by atoms with Crippen molar-refractivity contribution in [3.05, 3.63) is 24.4 Å². The molecule has 18 heavy (non-hydrogen) atoms. The fourth-order valence-electron chi connectivity index (χ4n) is 1.41. The maximum absolute atomic E-state index is 4.34. The second kappa shape index (κ2) is 5.95. The second-order valence-electron chi connectivity index (χ2n) is 3.88. The van der Waals surface area contributed by atoms with Gasteiger partial charge < -0.3 is 10.6 Å². The van der Waals surface area contributed by atoms with Crippen LogP contribution in [-0.4, -0.2) is 31.3 Å². The van der Waals surface area contributed by atoms with Crippen LogP contribution in [0.15, 0.2) is 18.6 Å². The van der Waals surface area contributed by atoms with E-state index in [1.54, 1.807) is 17.2 Å². The molecule has 0 amide bonds. The van der Waals surface area contributed by atoms with E-state index in [-0.39, 0.29) is 0 Å². The lowest BCUT2D eigenvalue weighted by Crippen LogP contribution is -2.08. The first-order valence-electron chi connectivity index (χ1n) is 5.93. The summed E-state index contributed by atoms with van der Waals surface area (Å²) in [6.07, 6.45) is 4.43. The molecule has 0 aliphatic carbocycles. The van der Waals surface area contributed by atoms with E-state index in [2.05, 4.69) is 37.6 Å². The summed E-state index contributed by atoms with van der Waals surface area (Å²) in [6, 6.07) is 1.82. The van der Waals surface area contributed by atoms with Gasteiger partial charge in [-0.1, -0.05) is 6.92 Å². The minimum atomic E-state index is 0.547. The molecule has 0 bridgehead atoms. The summed E-state index contributed by atoms with van der Waals surface area (Å²) in [6.45, 7) is 3.51. The molecule has 0 atom stereocenters. The molecular weight excluding hydrogens is 230 g/mol. The van der Waals surface area contributed by atoms with Crippen LogP contribution in [0, 0.1) is 0 Å². The van der Waals surface area contributed by atoms with Crippen LogP contribution in [0.4, 0.5) is 11.8 Å². The minimum Gasteiger partial charge on any atom is -0.363 e. The SMILES string of the molecule is CCCNc1nccc(NCc2ncn(C)n2)n1. The first-order valence-corrected chi connectivity index (χ1v) is 5.93. The smallest absolute Gasteiger partial charge is 0.224 e. The molecule has 0 spiro atoms. The third-order valence-electron chi connectivity index (χ3n) is 2.26. The fraction of sp³-hybridized carbons (Fsp3) is 0.455. The van der Waals surface area contributed by atoms with Crippen LogP contribution in [0.2, 0.25) is 0 Å². The molecule has 0 radical (unpaired) electrons. The highest BCUT2D eigenvalue weighted by molar-refractivity contribution is 5.39. The van der Waals surface area contributed by atoms with Crippen molar-refractivity contribution in [2.24, 2.45) is 7.05 Å². The van der Waals surface area contributed by atoms with Gasteiger partial charge >= 0.3 is 0 Å². The van der Waals surface area contributed by atoms with E-state index in [1.165, 1.54) is 0 Å². The molecule has 2 aromatic heterocycles. The summed E-state index contributed by atoms with van der Waals surface area (Å²) in [5.74, 6) is 2.13. The van der Waals surface area contributed by atoms with Crippen molar-refractivity contribution >= 4 is 11.8 Å². The summed E-state index contributed by atoms with van der Waals surface area (Å²) in [7, 11) is 1.84. The van der Waals surface area contributed by atoms with Gasteiger partial charge in [-0.15, -0.1) is 0 Å². The molecule has 0 aromatic carbocycles. The molecule has 96 valence electrons. The number of nitrogens with zero attached hydrogens (tertiary/aromatic N) is 5. The third kappa shape index (κ3) is 3.41. The van der Waals surface area contributed by atoms with E-state index < -0.39 is 0 Å². The zero-order valence-electron chi connectivity index (χ0n) is 10.6. The first kappa shape index (κ1) is 12.3. The normalized spacial score (nSPS) is 10.3. The summed E-state index contributed by atoms with van der Waals surface area (Å²) in [5.41, 5.74) is 0. The highest BCUT2D eigenvalue weighted by Gasteiger charge is 2.01. The number of rotatable bonds is 6. The topological polar surface area (TPSA) is 80.5 Å². The quantitative estimate of drug-likeness (QED) is 0.794. The fourth-order valence-corrected chi connectivity index (χ4v) is 1.41. The van der Waals surface area contributed by atoms with Gasteiger partial charge in [-0.2, -0.15) is 10.1 Å². The molecule has 0 fully saturated rings. The summed E-state index contributed by atoms with van der Waals surface area (Å²) < 4.78 is 1.67. The van der Waals surface area contributed by atoms with E-state index in [0.29, 0.717) is 12.5 Å². The first-order chi connectivity index (χ1) is 8.78. The van der Waals surface area contributed by atoms with Gasteiger partial charge in [0, 0.05) is 19.8 Å². The molecule has 0 unspecified atom stereocenters. The van der Waals surface area contributed by atoms with Crippen LogP contribution in [-0.2, 0) is 13.6 Å². The Labute approximate surface area is 106 Å². The predicted octanol–water partition coefficient (Wildman–Crippen LogP) is 1.04. The Morgan fingerprint density at radius 1 is 1.28 bits per heavy atom. The number of nitrogens with one attached hydrogen (secondary N) is 2. The Kier molecular flexibility index (Phi) is 4.06. The Morgan fingerprint density at radius 2 is 2.17 bits per heavy atom. The Bertz CT molecular complexity index is 494. The van der Waals surface area contributed by atoms with E-state index in [4.69, 9.17) is 0 Å². The lowest BCUT2D eigenvalue weighted by molar-refractivity contribution is 0.747. The molecule has 7 nitrogen and oxygen atoms in total. The van der Waals surface area contributed by atoms with E-state index in [1.807, 2.05) is 13.1 Å². The predicted molar refractivity (Wildman–Crippen MR) is 69.1 cm³/mol. The second-order valence-corrected chi connectivity index (χ2v) is 3.88. The standard InChI is InChI=1S/C11H17N7/c1-3-5-12-11-13-6-4-9(16-11)14-7-10-15-8-18(2)17-10/h4,6,8H,3,5,7H2,1-2H3,(H2,12,13,14,16). The van der Waals surface area contributed by atoms with Gasteiger partial charge in [-0.3, -0.25) is 4.68 Å². The third-order valence-corrected chi connectivity index (χ3v) is 2.26. The van der Waals surface area contributed by atoms with Gasteiger partial charge in [0.1, 0.15) is 12.1 Å². The lowest BCUT2D eigenvalue weighted by atomic mass is 10.5. The van der Waals surface area contributed by atoms with Crippen LogP contribution >= 0.6 is 0 Å². The number of hydrogen-bond donors (Lipinski definition) is 2. The maximum atomic E-state index is 4.34. The molecule has 7 heteroatoms. The van der Waals surface area contributed by atoms with Crippen molar-refractivity contribution < 1.29 is 0 Å². The Balaban J connectivity index is 1.92. The lowest BCUT2D eigenvalue weighted by Gasteiger charge is -2.06. The van der Waals surface area contributed by atoms with Crippen LogP contribution < -0.4 is 10.6 Å².